The predicted octanol–water partition coefficient (Wildman–Crippen LogP) is 5.50. The van der Waals surface area contributed by atoms with Crippen LogP contribution in [0, 0.1) is 17.3 Å². The van der Waals surface area contributed by atoms with E-state index in [1.54, 1.807) is 127 Å². The SMILES string of the molecule is C/C=C/C=C/[C@@H]1O[C@](O)([C@H](CO[C@H]2C[C@H](OC)[C@H](O[C@@H]3C[C@H](OC)[C@@H](O[C@H]4C[C@H](OC)[C@H](O)[C@H](C)O4)[C@H](C)O3)[C@H](C)O2)C(=O)NC/C=C/C=C(\C)[C@H](OC)[C@@H](C)[C@@H]2C[C@H](O)[C@@H](/C=C/C=C/C=C\C(=O)O)O2)[C@@H](O)[C@H](OC(=O)Cc2ccccc2)C1(C)C. The summed E-state index contributed by atoms with van der Waals surface area (Å²) in [5, 5.41) is 58.4. The Kier molecular flexibility index (Phi) is 27.7. The summed E-state index contributed by atoms with van der Waals surface area (Å²) in [7, 11) is 6.24. The minimum Gasteiger partial charge on any atom is -0.478 e. The molecule has 5 saturated heterocycles. The second-order valence-electron chi connectivity index (χ2n) is 23.5. The number of amides is 1. The van der Waals surface area contributed by atoms with Crippen molar-refractivity contribution < 1.29 is 101 Å². The number of aliphatic carboxylic acids is 1. The molecule has 5 heterocycles. The molecule has 5 aliphatic heterocycles. The van der Waals surface area contributed by atoms with Crippen LogP contribution in [0.25, 0.3) is 0 Å². The molecule has 0 aromatic heterocycles. The van der Waals surface area contributed by atoms with Crippen molar-refractivity contribution in [2.75, 3.05) is 41.6 Å². The number of allylic oxidation sites excluding steroid dienone is 9. The quantitative estimate of drug-likeness (QED) is 0.0343. The van der Waals surface area contributed by atoms with E-state index in [9.17, 15) is 34.8 Å². The summed E-state index contributed by atoms with van der Waals surface area (Å²) in [6.45, 7) is 14.0. The fourth-order valence-electron chi connectivity index (χ4n) is 11.9. The summed E-state index contributed by atoms with van der Waals surface area (Å²) < 4.78 is 80.4. The first-order valence-electron chi connectivity index (χ1n) is 30.0. The van der Waals surface area contributed by atoms with Gasteiger partial charge in [0.05, 0.1) is 74.1 Å². The molecule has 87 heavy (non-hydrogen) atoms. The van der Waals surface area contributed by atoms with Crippen LogP contribution in [0.1, 0.15) is 86.6 Å². The highest BCUT2D eigenvalue weighted by atomic mass is 16.7. The Morgan fingerprint density at radius 2 is 1.36 bits per heavy atom. The average molecular weight is 1230 g/mol. The van der Waals surface area contributed by atoms with Gasteiger partial charge in [-0.15, -0.1) is 0 Å². The molecule has 0 saturated carbocycles. The number of rotatable bonds is 28. The second-order valence-corrected chi connectivity index (χ2v) is 23.5. The first-order chi connectivity index (χ1) is 41.5. The smallest absolute Gasteiger partial charge is 0.328 e. The minimum atomic E-state index is -2.74. The van der Waals surface area contributed by atoms with Crippen LogP contribution in [0.3, 0.4) is 0 Å². The van der Waals surface area contributed by atoms with E-state index >= 15 is 0 Å². The summed E-state index contributed by atoms with van der Waals surface area (Å²) in [4.78, 5) is 39.3. The number of aliphatic hydroxyl groups excluding tert-OH is 3. The van der Waals surface area contributed by atoms with E-state index in [4.69, 9.17) is 66.7 Å². The van der Waals surface area contributed by atoms with Gasteiger partial charge in [-0.1, -0.05) is 124 Å². The Hall–Kier alpha value is -4.83. The van der Waals surface area contributed by atoms with Gasteiger partial charge in [0.1, 0.15) is 42.5 Å². The highest BCUT2D eigenvalue weighted by Gasteiger charge is 2.63. The zero-order valence-electron chi connectivity index (χ0n) is 52.2. The number of methoxy groups -OCH3 is 4. The van der Waals surface area contributed by atoms with Crippen LogP contribution >= 0.6 is 0 Å². The number of hydrogen-bond donors (Lipinski definition) is 6. The largest absolute Gasteiger partial charge is 0.478 e. The molecule has 1 amide bonds. The fourth-order valence-corrected chi connectivity index (χ4v) is 11.9. The summed E-state index contributed by atoms with van der Waals surface area (Å²) in [6, 6.07) is 8.96. The summed E-state index contributed by atoms with van der Waals surface area (Å²) in [5.41, 5.74) is 0.340. The molecule has 5 fully saturated rings. The standard InChI is InChI=1S/C65H95NO21/c1-13-14-18-29-51-64(7,8)62(84-53(70)32-43-26-19-17-20-27-43)61(72)65(74,87-51)44(63(73)66-31-24-23-25-38(2)58(78-12)39(3)47-33-45(67)46(83-47)28-21-15-16-22-30-52(68)69)37-79-54-35-49(76-10)59(41(5)81-54)86-56-36-50(77-11)60(42(6)82-56)85-55-34-48(75-9)57(71)40(4)80-55/h13-30,39-42,44-51,54-62,67,71-72,74H,31-37H2,1-12H3,(H,66,73)(H,68,69)/b14-13+,16-15+,24-23+,28-21+,29-18+,30-22-,38-25+/t39-,40-,41-,42-,44+,45-,46+,47-,48-,49-,50-,51-,54+,55-,56+,57+,58-,59+,60-,61-,62-,65+/m0/s1. The van der Waals surface area contributed by atoms with Gasteiger partial charge in [-0.2, -0.15) is 0 Å². The van der Waals surface area contributed by atoms with Gasteiger partial charge < -0.3 is 92.4 Å². The molecule has 22 heteroatoms. The van der Waals surface area contributed by atoms with Crippen molar-refractivity contribution >= 4 is 17.8 Å². The van der Waals surface area contributed by atoms with E-state index in [-0.39, 0.29) is 37.8 Å². The molecular weight excluding hydrogens is 1130 g/mol. The van der Waals surface area contributed by atoms with E-state index in [2.05, 4.69) is 5.32 Å². The van der Waals surface area contributed by atoms with Crippen LogP contribution in [0.4, 0.5) is 0 Å². The average Bonchev–Trinajstić information content (AvgIpc) is 1.46. The lowest BCUT2D eigenvalue weighted by Crippen LogP contribution is -2.70. The number of carboxylic acids is 1. The number of carboxylic acid groups (broad SMARTS) is 1. The third-order valence-corrected chi connectivity index (χ3v) is 16.9. The van der Waals surface area contributed by atoms with Gasteiger partial charge >= 0.3 is 11.9 Å². The van der Waals surface area contributed by atoms with Crippen molar-refractivity contribution in [1.29, 1.82) is 0 Å². The van der Waals surface area contributed by atoms with Gasteiger partial charge in [-0.25, -0.2) is 4.79 Å². The molecule has 1 aromatic rings. The van der Waals surface area contributed by atoms with Gasteiger partial charge in [0.25, 0.3) is 0 Å². The maximum absolute atomic E-state index is 14.8. The van der Waals surface area contributed by atoms with E-state index in [0.717, 1.165) is 11.6 Å². The van der Waals surface area contributed by atoms with Crippen molar-refractivity contribution in [3.8, 4) is 0 Å². The molecule has 0 spiro atoms. The maximum Gasteiger partial charge on any atom is 0.328 e. The van der Waals surface area contributed by atoms with Crippen molar-refractivity contribution in [2.45, 2.75) is 210 Å². The number of carbonyl (C=O) groups is 3. The van der Waals surface area contributed by atoms with E-state index in [1.807, 2.05) is 39.8 Å². The Balaban J connectivity index is 1.18. The highest BCUT2D eigenvalue weighted by molar-refractivity contribution is 5.80. The topological polar surface area (TPSA) is 284 Å². The highest BCUT2D eigenvalue weighted by Crippen LogP contribution is 2.46. The molecule has 0 radical (unpaired) electrons. The second kappa shape index (κ2) is 33.8. The predicted molar refractivity (Wildman–Crippen MR) is 318 cm³/mol. The zero-order valence-corrected chi connectivity index (χ0v) is 52.2. The zero-order chi connectivity index (χ0) is 63.6. The van der Waals surface area contributed by atoms with Crippen LogP contribution < -0.4 is 5.32 Å². The summed E-state index contributed by atoms with van der Waals surface area (Å²) >= 11 is 0. The van der Waals surface area contributed by atoms with E-state index < -0.39 is 152 Å². The lowest BCUT2D eigenvalue weighted by atomic mass is 9.71. The number of hydrogen-bond acceptors (Lipinski definition) is 20. The molecule has 486 valence electrons. The lowest BCUT2D eigenvalue weighted by Gasteiger charge is -2.54. The molecule has 1 aromatic carbocycles. The van der Waals surface area contributed by atoms with Crippen LogP contribution in [-0.4, -0.2) is 207 Å². The minimum absolute atomic E-state index is 0.0526. The van der Waals surface area contributed by atoms with E-state index in [1.165, 1.54) is 20.3 Å². The van der Waals surface area contributed by atoms with Gasteiger partial charge in [0.2, 0.25) is 11.7 Å². The molecular formula is C65H95NO21. The number of benzene rings is 1. The van der Waals surface area contributed by atoms with Crippen molar-refractivity contribution in [1.82, 2.24) is 5.32 Å². The normalized spacial score (nSPS) is 36.3. The molecule has 5 aliphatic rings. The van der Waals surface area contributed by atoms with Gasteiger partial charge in [-0.05, 0) is 45.8 Å². The molecule has 0 bridgehead atoms. The monoisotopic (exact) mass is 1230 g/mol. The molecule has 6 N–H and O–H groups in total. The number of esters is 1. The lowest BCUT2D eigenvalue weighted by molar-refractivity contribution is -0.367. The fraction of sp³-hybridized carbons (Fsp3) is 0.646. The van der Waals surface area contributed by atoms with E-state index in [0.29, 0.717) is 18.4 Å². The first-order valence-corrected chi connectivity index (χ1v) is 30.0. The Morgan fingerprint density at radius 1 is 0.759 bits per heavy atom. The molecule has 0 unspecified atom stereocenters. The van der Waals surface area contributed by atoms with Crippen molar-refractivity contribution in [3.63, 3.8) is 0 Å². The van der Waals surface area contributed by atoms with Crippen LogP contribution in [0.5, 0.6) is 0 Å². The van der Waals surface area contributed by atoms with Crippen LogP contribution in [0.15, 0.2) is 115 Å². The third-order valence-electron chi connectivity index (χ3n) is 16.9. The third kappa shape index (κ3) is 19.1. The summed E-state index contributed by atoms with van der Waals surface area (Å²) in [6.07, 6.45) is 7.81. The molecule has 22 atom stereocenters. The maximum atomic E-state index is 14.8. The van der Waals surface area contributed by atoms with Gasteiger partial charge in [0, 0.05) is 78.1 Å². The Bertz CT molecular complexity index is 2530. The first kappa shape index (κ1) is 71.2. The van der Waals surface area contributed by atoms with Gasteiger partial charge in [0.15, 0.2) is 18.9 Å². The number of aliphatic hydroxyl groups is 4. The number of nitrogens with one attached hydrogen (secondary N) is 1. The molecule has 22 nitrogen and oxygen atoms in total. The van der Waals surface area contributed by atoms with Crippen molar-refractivity contribution in [2.24, 2.45) is 17.3 Å². The molecule has 6 rings (SSSR count). The Labute approximate surface area is 512 Å². The Morgan fingerprint density at radius 3 is 1.98 bits per heavy atom. The van der Waals surface area contributed by atoms with Crippen LogP contribution in [-0.2, 0) is 82.4 Å². The van der Waals surface area contributed by atoms with Crippen molar-refractivity contribution in [3.05, 3.63) is 120 Å². The van der Waals surface area contributed by atoms with Crippen LogP contribution in [0.2, 0.25) is 0 Å². The number of carbonyl (C=O) groups excluding carboxylic acids is 2. The summed E-state index contributed by atoms with van der Waals surface area (Å²) in [5.74, 6) is -7.10. The number of ether oxygens (including phenoxy) is 13. The molecule has 0 aliphatic carbocycles. The van der Waals surface area contributed by atoms with Gasteiger partial charge in [-0.3, -0.25) is 9.59 Å².